The summed E-state index contributed by atoms with van der Waals surface area (Å²) in [6.45, 7) is 2.78. The molecule has 1 atom stereocenters. The third-order valence-corrected chi connectivity index (χ3v) is 4.46. The lowest BCUT2D eigenvalue weighted by Crippen LogP contribution is -2.38. The molecule has 84 valence electrons. The molecule has 1 aliphatic rings. The van der Waals surface area contributed by atoms with E-state index in [1.54, 1.807) is 0 Å². The first-order valence-electron chi connectivity index (χ1n) is 4.75. The molecule has 1 unspecified atom stereocenters. The molecular weight excluding hydrogens is 226 g/mol. The summed E-state index contributed by atoms with van der Waals surface area (Å²) in [5.74, 6) is 0.385. The molecule has 1 heterocycles. The first-order chi connectivity index (χ1) is 6.56. The Kier molecular flexibility index (Phi) is 4.63. The number of hydrogen-bond donors (Lipinski definition) is 0. The van der Waals surface area contributed by atoms with E-state index >= 15 is 0 Å². The molecule has 14 heavy (non-hydrogen) atoms. The molecule has 1 fully saturated rings. The zero-order chi connectivity index (χ0) is 10.6. The van der Waals surface area contributed by atoms with Gasteiger partial charge in [-0.05, 0) is 18.8 Å². The van der Waals surface area contributed by atoms with E-state index in [0.29, 0.717) is 19.0 Å². The van der Waals surface area contributed by atoms with Gasteiger partial charge < -0.3 is 0 Å². The molecule has 0 aromatic rings. The normalized spacial score (nSPS) is 22.1. The van der Waals surface area contributed by atoms with Gasteiger partial charge in [-0.3, -0.25) is 4.84 Å². The number of alkyl halides is 1. The Morgan fingerprint density at radius 2 is 2.21 bits per heavy atom. The summed E-state index contributed by atoms with van der Waals surface area (Å²) in [6, 6.07) is 0. The molecule has 0 saturated carbocycles. The second-order valence-electron chi connectivity index (χ2n) is 3.60. The van der Waals surface area contributed by atoms with Crippen molar-refractivity contribution in [1.82, 2.24) is 4.47 Å². The van der Waals surface area contributed by atoms with Crippen molar-refractivity contribution < 1.29 is 13.3 Å². The van der Waals surface area contributed by atoms with Crippen LogP contribution in [0, 0.1) is 5.92 Å². The topological polar surface area (TPSA) is 46.6 Å². The van der Waals surface area contributed by atoms with Gasteiger partial charge in [-0.15, -0.1) is 11.6 Å². The molecular formula is C8H16ClNO3S. The van der Waals surface area contributed by atoms with Crippen molar-refractivity contribution >= 4 is 21.6 Å². The van der Waals surface area contributed by atoms with Crippen LogP contribution in [0.5, 0.6) is 0 Å². The zero-order valence-corrected chi connectivity index (χ0v) is 9.85. The maximum atomic E-state index is 11.7. The smallest absolute Gasteiger partial charge is 0.236 e. The van der Waals surface area contributed by atoms with Gasteiger partial charge in [0.05, 0.1) is 12.4 Å². The van der Waals surface area contributed by atoms with E-state index in [-0.39, 0.29) is 11.7 Å². The monoisotopic (exact) mass is 241 g/mol. The second-order valence-corrected chi connectivity index (χ2v) is 5.82. The lowest BCUT2D eigenvalue weighted by atomic mass is 10.3. The molecule has 1 saturated heterocycles. The van der Waals surface area contributed by atoms with Crippen LogP contribution in [0.15, 0.2) is 0 Å². The summed E-state index contributed by atoms with van der Waals surface area (Å²) in [6.07, 6.45) is 1.80. The van der Waals surface area contributed by atoms with Gasteiger partial charge in [0, 0.05) is 12.4 Å². The minimum atomic E-state index is -3.27. The molecule has 1 aliphatic heterocycles. The molecule has 0 aromatic heterocycles. The number of halogens is 1. The van der Waals surface area contributed by atoms with Crippen molar-refractivity contribution in [2.75, 3.05) is 24.8 Å². The van der Waals surface area contributed by atoms with Crippen molar-refractivity contribution in [3.63, 3.8) is 0 Å². The van der Waals surface area contributed by atoms with Crippen LogP contribution in [0.25, 0.3) is 0 Å². The molecule has 0 bridgehead atoms. The van der Waals surface area contributed by atoms with E-state index in [1.165, 1.54) is 0 Å². The predicted octanol–water partition coefficient (Wildman–Crippen LogP) is 1.22. The van der Waals surface area contributed by atoms with Crippen LogP contribution in [0.1, 0.15) is 19.8 Å². The Morgan fingerprint density at radius 1 is 1.50 bits per heavy atom. The van der Waals surface area contributed by atoms with Gasteiger partial charge in [-0.1, -0.05) is 11.4 Å². The summed E-state index contributed by atoms with van der Waals surface area (Å²) in [5.41, 5.74) is 0. The van der Waals surface area contributed by atoms with Gasteiger partial charge in [0.15, 0.2) is 0 Å². The Bertz CT molecular complexity index is 262. The first-order valence-corrected chi connectivity index (χ1v) is 6.90. The van der Waals surface area contributed by atoms with E-state index < -0.39 is 10.0 Å². The quantitative estimate of drug-likeness (QED) is 0.696. The van der Waals surface area contributed by atoms with Gasteiger partial charge in [0.1, 0.15) is 0 Å². The van der Waals surface area contributed by atoms with Crippen molar-refractivity contribution in [3.05, 3.63) is 0 Å². The molecule has 0 radical (unpaired) electrons. The first kappa shape index (κ1) is 12.2. The maximum Gasteiger partial charge on any atom is 0.236 e. The Hall–Kier alpha value is 0.160. The Morgan fingerprint density at radius 3 is 2.71 bits per heavy atom. The van der Waals surface area contributed by atoms with Crippen LogP contribution < -0.4 is 0 Å². The third-order valence-electron chi connectivity index (χ3n) is 2.04. The van der Waals surface area contributed by atoms with Gasteiger partial charge in [0.2, 0.25) is 10.0 Å². The number of hydroxylamine groups is 1. The minimum absolute atomic E-state index is 0.0350. The molecule has 0 aromatic carbocycles. The van der Waals surface area contributed by atoms with Crippen molar-refractivity contribution in [2.45, 2.75) is 19.8 Å². The van der Waals surface area contributed by atoms with Crippen LogP contribution in [-0.2, 0) is 14.9 Å². The number of hydrogen-bond acceptors (Lipinski definition) is 3. The largest absolute Gasteiger partial charge is 0.284 e. The Labute approximate surface area is 90.2 Å². The van der Waals surface area contributed by atoms with E-state index in [0.717, 1.165) is 17.3 Å². The van der Waals surface area contributed by atoms with E-state index in [4.69, 9.17) is 16.4 Å². The second kappa shape index (κ2) is 5.30. The van der Waals surface area contributed by atoms with Crippen LogP contribution in [-0.4, -0.2) is 37.7 Å². The van der Waals surface area contributed by atoms with Crippen LogP contribution in [0.3, 0.4) is 0 Å². The predicted molar refractivity (Wildman–Crippen MR) is 55.6 cm³/mol. The lowest BCUT2D eigenvalue weighted by molar-refractivity contribution is -0.109. The van der Waals surface area contributed by atoms with E-state index in [9.17, 15) is 8.42 Å². The number of rotatable bonds is 4. The molecule has 6 heteroatoms. The van der Waals surface area contributed by atoms with Gasteiger partial charge in [-0.25, -0.2) is 8.42 Å². The number of nitrogens with zero attached hydrogens (tertiary/aromatic N) is 1. The molecule has 0 spiro atoms. The molecule has 0 amide bonds. The summed E-state index contributed by atoms with van der Waals surface area (Å²) >= 11 is 5.57. The lowest BCUT2D eigenvalue weighted by Gasteiger charge is -2.26. The summed E-state index contributed by atoms with van der Waals surface area (Å²) in [5, 5.41) is 0. The zero-order valence-electron chi connectivity index (χ0n) is 8.28. The molecule has 1 rings (SSSR count). The van der Waals surface area contributed by atoms with Crippen LogP contribution in [0.4, 0.5) is 0 Å². The molecule has 0 N–H and O–H groups in total. The highest BCUT2D eigenvalue weighted by Crippen LogP contribution is 2.14. The van der Waals surface area contributed by atoms with Crippen molar-refractivity contribution in [2.24, 2.45) is 5.92 Å². The number of sulfonamides is 1. The fraction of sp³-hybridized carbons (Fsp3) is 1.00. The van der Waals surface area contributed by atoms with Gasteiger partial charge in [0.25, 0.3) is 0 Å². The highest BCUT2D eigenvalue weighted by molar-refractivity contribution is 7.88. The molecule has 0 aliphatic carbocycles. The average molecular weight is 242 g/mol. The minimum Gasteiger partial charge on any atom is -0.284 e. The molecule has 4 nitrogen and oxygen atoms in total. The van der Waals surface area contributed by atoms with Gasteiger partial charge in [-0.2, -0.15) is 0 Å². The fourth-order valence-electron chi connectivity index (χ4n) is 1.28. The van der Waals surface area contributed by atoms with Crippen LogP contribution in [0.2, 0.25) is 0 Å². The highest BCUT2D eigenvalue weighted by Gasteiger charge is 2.26. The Balaban J connectivity index is 2.54. The van der Waals surface area contributed by atoms with E-state index in [1.807, 2.05) is 6.92 Å². The maximum absolute atomic E-state index is 11.7. The van der Waals surface area contributed by atoms with E-state index in [2.05, 4.69) is 0 Å². The third kappa shape index (κ3) is 3.38. The fourth-order valence-corrected chi connectivity index (χ4v) is 3.16. The summed E-state index contributed by atoms with van der Waals surface area (Å²) in [7, 11) is -3.27. The van der Waals surface area contributed by atoms with Crippen molar-refractivity contribution in [1.29, 1.82) is 0 Å². The summed E-state index contributed by atoms with van der Waals surface area (Å²) < 4.78 is 24.5. The van der Waals surface area contributed by atoms with Crippen molar-refractivity contribution in [3.8, 4) is 0 Å². The van der Waals surface area contributed by atoms with Crippen LogP contribution >= 0.6 is 11.6 Å². The standard InChI is InChI=1S/C8H16ClNO3S/c1-8(6-9)7-14(11,12)10-4-2-3-5-13-10/h8H,2-7H2,1H3. The SMILES string of the molecule is CC(CCl)CS(=O)(=O)N1CCCCO1. The summed E-state index contributed by atoms with van der Waals surface area (Å²) in [4.78, 5) is 5.09. The average Bonchev–Trinajstić information content (AvgIpc) is 2.18. The van der Waals surface area contributed by atoms with Gasteiger partial charge >= 0.3 is 0 Å². The highest BCUT2D eigenvalue weighted by atomic mass is 35.5.